The van der Waals surface area contributed by atoms with E-state index in [2.05, 4.69) is 9.97 Å². The van der Waals surface area contributed by atoms with Crippen LogP contribution in [0.2, 0.25) is 0 Å². The van der Waals surface area contributed by atoms with Gasteiger partial charge in [0, 0.05) is 11.1 Å². The second-order valence-electron chi connectivity index (χ2n) is 8.02. The van der Waals surface area contributed by atoms with E-state index >= 15 is 0 Å². The number of benzene rings is 2. The van der Waals surface area contributed by atoms with Crippen LogP contribution in [0.1, 0.15) is 11.8 Å². The van der Waals surface area contributed by atoms with E-state index in [9.17, 15) is 15.3 Å². The molecular weight excluding hydrogens is 424 g/mol. The molecule has 3 heterocycles. The molecule has 2 aromatic carbocycles. The van der Waals surface area contributed by atoms with Gasteiger partial charge in [-0.05, 0) is 31.2 Å². The molecule has 1 aliphatic heterocycles. The van der Waals surface area contributed by atoms with E-state index in [1.165, 1.54) is 6.33 Å². The Morgan fingerprint density at radius 3 is 2.30 bits per heavy atom. The number of aliphatic hydroxyl groups is 3. The zero-order valence-electron chi connectivity index (χ0n) is 18.2. The molecule has 9 heteroatoms. The summed E-state index contributed by atoms with van der Waals surface area (Å²) in [6, 6.07) is 15.2. The molecule has 0 spiro atoms. The van der Waals surface area contributed by atoms with Crippen molar-refractivity contribution in [3.8, 4) is 28.4 Å². The third-order valence-electron chi connectivity index (χ3n) is 5.92. The lowest BCUT2D eigenvalue weighted by molar-refractivity contribution is -0.0503. The number of aliphatic hydroxyl groups excluding tert-OH is 3. The molecule has 9 nitrogen and oxygen atoms in total. The first kappa shape index (κ1) is 21.5. The van der Waals surface area contributed by atoms with Crippen LogP contribution in [0.25, 0.3) is 33.8 Å². The lowest BCUT2D eigenvalue weighted by Gasteiger charge is -2.19. The molecular formula is C24H24N4O5. The number of ether oxygens (including phenoxy) is 2. The van der Waals surface area contributed by atoms with Gasteiger partial charge in [-0.15, -0.1) is 0 Å². The molecule has 3 N–H and O–H groups in total. The number of hydrogen-bond acceptors (Lipinski definition) is 8. The summed E-state index contributed by atoms with van der Waals surface area (Å²) in [5.74, 6) is 1.23. The molecule has 0 aliphatic carbocycles. The van der Waals surface area contributed by atoms with Crippen LogP contribution < -0.4 is 4.74 Å². The number of nitrogens with zero attached hydrogens (tertiary/aromatic N) is 4. The van der Waals surface area contributed by atoms with Crippen LogP contribution in [-0.2, 0) is 4.74 Å². The summed E-state index contributed by atoms with van der Waals surface area (Å²) in [4.78, 5) is 13.8. The van der Waals surface area contributed by atoms with Crippen molar-refractivity contribution in [3.63, 3.8) is 0 Å². The van der Waals surface area contributed by atoms with E-state index in [1.807, 2.05) is 55.5 Å². The monoisotopic (exact) mass is 448 g/mol. The summed E-state index contributed by atoms with van der Waals surface area (Å²) in [6.07, 6.45) is -3.00. The van der Waals surface area contributed by atoms with Gasteiger partial charge in [-0.2, -0.15) is 0 Å². The van der Waals surface area contributed by atoms with Crippen molar-refractivity contribution in [1.82, 2.24) is 19.5 Å². The number of rotatable bonds is 5. The standard InChI is InChI=1S/C24H24N4O5/c1-13-3-5-15(6-4-13)22-27-19-18(14-7-9-16(32-2)10-8-14)25-12-26-23(19)28(22)24-21(31)20(30)17(11-29)33-24/h3-10,12,17,20-21,24,29-31H,11H2,1-2H3/t17-,20-,21-,24-/m1/s1. The Kier molecular flexibility index (Phi) is 5.55. The molecule has 0 radical (unpaired) electrons. The maximum atomic E-state index is 10.8. The van der Waals surface area contributed by atoms with E-state index in [4.69, 9.17) is 14.5 Å². The molecule has 1 aliphatic rings. The first-order chi connectivity index (χ1) is 16.0. The summed E-state index contributed by atoms with van der Waals surface area (Å²) in [5, 5.41) is 30.7. The third kappa shape index (κ3) is 3.65. The van der Waals surface area contributed by atoms with Crippen molar-refractivity contribution in [2.45, 2.75) is 31.5 Å². The Morgan fingerprint density at radius 1 is 0.970 bits per heavy atom. The lowest BCUT2D eigenvalue weighted by Crippen LogP contribution is -2.33. The Morgan fingerprint density at radius 2 is 1.67 bits per heavy atom. The van der Waals surface area contributed by atoms with Gasteiger partial charge in [0.1, 0.15) is 47.4 Å². The fourth-order valence-corrected chi connectivity index (χ4v) is 4.11. The maximum Gasteiger partial charge on any atom is 0.166 e. The Balaban J connectivity index is 1.73. The summed E-state index contributed by atoms with van der Waals surface area (Å²) >= 11 is 0. The minimum absolute atomic E-state index is 0.423. The van der Waals surface area contributed by atoms with E-state index in [0.29, 0.717) is 22.7 Å². The van der Waals surface area contributed by atoms with Gasteiger partial charge in [0.25, 0.3) is 0 Å². The normalized spacial score (nSPS) is 22.7. The van der Waals surface area contributed by atoms with Gasteiger partial charge in [0.05, 0.1) is 13.7 Å². The summed E-state index contributed by atoms with van der Waals surface area (Å²) < 4.78 is 12.8. The predicted octanol–water partition coefficient (Wildman–Crippen LogP) is 2.09. The van der Waals surface area contributed by atoms with Crippen molar-refractivity contribution >= 4 is 11.2 Å². The fraction of sp³-hybridized carbons (Fsp3) is 0.292. The van der Waals surface area contributed by atoms with Crippen LogP contribution >= 0.6 is 0 Å². The summed E-state index contributed by atoms with van der Waals surface area (Å²) in [7, 11) is 1.61. The van der Waals surface area contributed by atoms with E-state index < -0.39 is 31.1 Å². The zero-order valence-corrected chi connectivity index (χ0v) is 18.2. The van der Waals surface area contributed by atoms with Gasteiger partial charge in [-0.1, -0.05) is 29.8 Å². The Labute approximate surface area is 189 Å². The van der Waals surface area contributed by atoms with Crippen molar-refractivity contribution in [2.75, 3.05) is 13.7 Å². The number of fused-ring (bicyclic) bond motifs is 1. The van der Waals surface area contributed by atoms with Crippen LogP contribution in [0.5, 0.6) is 5.75 Å². The smallest absolute Gasteiger partial charge is 0.166 e. The van der Waals surface area contributed by atoms with Gasteiger partial charge < -0.3 is 24.8 Å². The molecule has 2 aromatic heterocycles. The first-order valence-electron chi connectivity index (χ1n) is 10.6. The largest absolute Gasteiger partial charge is 0.497 e. The SMILES string of the molecule is COc1ccc(-c2ncnc3c2nc(-c2ccc(C)cc2)n3[C@@H]2O[C@H](CO)[C@@H](O)[C@H]2O)cc1. The minimum Gasteiger partial charge on any atom is -0.497 e. The average Bonchev–Trinajstić information content (AvgIpc) is 3.36. The second-order valence-corrected chi connectivity index (χ2v) is 8.02. The highest BCUT2D eigenvalue weighted by molar-refractivity contribution is 5.90. The first-order valence-corrected chi connectivity index (χ1v) is 10.6. The zero-order chi connectivity index (χ0) is 23.1. The van der Waals surface area contributed by atoms with Crippen LogP contribution in [0.3, 0.4) is 0 Å². The molecule has 1 fully saturated rings. The van der Waals surface area contributed by atoms with Gasteiger partial charge in [0.15, 0.2) is 11.9 Å². The molecule has 0 bridgehead atoms. The molecule has 0 saturated carbocycles. The molecule has 4 aromatic rings. The number of imidazole rings is 1. The van der Waals surface area contributed by atoms with E-state index in [0.717, 1.165) is 22.4 Å². The Hall–Kier alpha value is -3.37. The maximum absolute atomic E-state index is 10.8. The highest BCUT2D eigenvalue weighted by atomic mass is 16.6. The van der Waals surface area contributed by atoms with Crippen LogP contribution in [0.4, 0.5) is 0 Å². The second kappa shape index (κ2) is 8.53. The van der Waals surface area contributed by atoms with E-state index in [-0.39, 0.29) is 0 Å². The molecule has 33 heavy (non-hydrogen) atoms. The van der Waals surface area contributed by atoms with Gasteiger partial charge >= 0.3 is 0 Å². The van der Waals surface area contributed by atoms with Gasteiger partial charge in [-0.3, -0.25) is 4.57 Å². The van der Waals surface area contributed by atoms with Crippen LogP contribution in [0, 0.1) is 6.92 Å². The van der Waals surface area contributed by atoms with Crippen LogP contribution in [0.15, 0.2) is 54.9 Å². The fourth-order valence-electron chi connectivity index (χ4n) is 4.11. The number of aryl methyl sites for hydroxylation is 1. The molecule has 1 saturated heterocycles. The summed E-state index contributed by atoms with van der Waals surface area (Å²) in [5.41, 5.74) is 4.29. The average molecular weight is 448 g/mol. The number of methoxy groups -OCH3 is 1. The van der Waals surface area contributed by atoms with Crippen molar-refractivity contribution in [1.29, 1.82) is 0 Å². The number of aromatic nitrogens is 4. The van der Waals surface area contributed by atoms with Crippen molar-refractivity contribution < 1.29 is 24.8 Å². The van der Waals surface area contributed by atoms with E-state index in [1.54, 1.807) is 11.7 Å². The summed E-state index contributed by atoms with van der Waals surface area (Å²) in [6.45, 7) is 1.57. The quantitative estimate of drug-likeness (QED) is 0.424. The highest BCUT2D eigenvalue weighted by Gasteiger charge is 2.45. The van der Waals surface area contributed by atoms with Crippen LogP contribution in [-0.4, -0.2) is 66.9 Å². The van der Waals surface area contributed by atoms with Gasteiger partial charge in [-0.25, -0.2) is 15.0 Å². The molecule has 0 amide bonds. The lowest BCUT2D eigenvalue weighted by atomic mass is 10.1. The van der Waals surface area contributed by atoms with Crippen molar-refractivity contribution in [3.05, 3.63) is 60.4 Å². The predicted molar refractivity (Wildman–Crippen MR) is 120 cm³/mol. The number of hydrogen-bond donors (Lipinski definition) is 3. The minimum atomic E-state index is -1.27. The Bertz CT molecular complexity index is 1270. The van der Waals surface area contributed by atoms with Crippen molar-refractivity contribution in [2.24, 2.45) is 0 Å². The molecule has 4 atom stereocenters. The topological polar surface area (TPSA) is 123 Å². The molecule has 5 rings (SSSR count). The highest BCUT2D eigenvalue weighted by Crippen LogP contribution is 2.38. The molecule has 0 unspecified atom stereocenters. The van der Waals surface area contributed by atoms with Gasteiger partial charge in [0.2, 0.25) is 0 Å². The molecule has 170 valence electrons. The third-order valence-corrected chi connectivity index (χ3v) is 5.92.